The third-order valence-corrected chi connectivity index (χ3v) is 2.54. The van der Waals surface area contributed by atoms with E-state index >= 15 is 0 Å². The molecule has 0 aliphatic carbocycles. The van der Waals surface area contributed by atoms with E-state index in [1.807, 2.05) is 6.92 Å². The number of benzene rings is 1. The summed E-state index contributed by atoms with van der Waals surface area (Å²) in [4.78, 5) is 22.6. The molecule has 2 rings (SSSR count). The van der Waals surface area contributed by atoms with E-state index in [-0.39, 0.29) is 0 Å². The molecule has 0 fully saturated rings. The van der Waals surface area contributed by atoms with Gasteiger partial charge in [-0.3, -0.25) is 4.79 Å². The maximum atomic E-state index is 11.6. The summed E-state index contributed by atoms with van der Waals surface area (Å²) in [6, 6.07) is 5.17. The third kappa shape index (κ3) is 1.41. The first kappa shape index (κ1) is 10.5. The monoisotopic (exact) mass is 221 g/mol. The lowest BCUT2D eigenvalue weighted by Crippen LogP contribution is -2.54. The zero-order valence-electron chi connectivity index (χ0n) is 8.90. The summed E-state index contributed by atoms with van der Waals surface area (Å²) in [6.07, 6.45) is 0. The molecule has 1 heterocycles. The molecule has 16 heavy (non-hydrogen) atoms. The van der Waals surface area contributed by atoms with Gasteiger partial charge in [-0.2, -0.15) is 0 Å². The lowest BCUT2D eigenvalue weighted by Gasteiger charge is -2.31. The minimum Gasteiger partial charge on any atom is -0.478 e. The van der Waals surface area contributed by atoms with E-state index in [1.54, 1.807) is 18.2 Å². The van der Waals surface area contributed by atoms with Crippen LogP contribution in [0, 0.1) is 6.92 Å². The number of aryl methyl sites for hydroxylation is 1. The molecule has 0 saturated carbocycles. The quantitative estimate of drug-likeness (QED) is 0.698. The number of amides is 1. The first-order valence-electron chi connectivity index (χ1n) is 4.78. The van der Waals surface area contributed by atoms with Gasteiger partial charge in [0.1, 0.15) is 5.75 Å². The first-order valence-corrected chi connectivity index (χ1v) is 4.78. The van der Waals surface area contributed by atoms with E-state index in [9.17, 15) is 9.59 Å². The minimum atomic E-state index is -1.86. The second-order valence-electron chi connectivity index (χ2n) is 3.89. The van der Waals surface area contributed by atoms with Crippen molar-refractivity contribution in [3.63, 3.8) is 0 Å². The first-order chi connectivity index (χ1) is 7.43. The molecule has 1 aliphatic rings. The van der Waals surface area contributed by atoms with Crippen LogP contribution < -0.4 is 10.1 Å². The number of rotatable bonds is 1. The number of carbonyl (C=O) groups excluding carboxylic acids is 1. The largest absolute Gasteiger partial charge is 0.478 e. The number of carboxylic acid groups (broad SMARTS) is 1. The van der Waals surface area contributed by atoms with Crippen molar-refractivity contribution in [2.24, 2.45) is 0 Å². The molecule has 1 aromatic rings. The predicted octanol–water partition coefficient (Wildman–Crippen LogP) is 1.17. The van der Waals surface area contributed by atoms with E-state index in [1.165, 1.54) is 6.92 Å². The third-order valence-electron chi connectivity index (χ3n) is 2.54. The summed E-state index contributed by atoms with van der Waals surface area (Å²) < 4.78 is 5.24. The second-order valence-corrected chi connectivity index (χ2v) is 3.89. The maximum absolute atomic E-state index is 11.6. The van der Waals surface area contributed by atoms with Gasteiger partial charge in [0.2, 0.25) is 0 Å². The highest BCUT2D eigenvalue weighted by Crippen LogP contribution is 2.34. The zero-order chi connectivity index (χ0) is 11.9. The van der Waals surface area contributed by atoms with Gasteiger partial charge in [0.15, 0.2) is 0 Å². The molecule has 84 valence electrons. The summed E-state index contributed by atoms with van der Waals surface area (Å²) in [6.45, 7) is 3.10. The normalized spacial score (nSPS) is 23.0. The van der Waals surface area contributed by atoms with Crippen LogP contribution in [0.1, 0.15) is 12.5 Å². The van der Waals surface area contributed by atoms with Crippen molar-refractivity contribution in [3.8, 4) is 5.75 Å². The molecule has 5 heteroatoms. The summed E-state index contributed by atoms with van der Waals surface area (Å²) >= 11 is 0. The fourth-order valence-electron chi connectivity index (χ4n) is 1.48. The van der Waals surface area contributed by atoms with E-state index < -0.39 is 17.5 Å². The summed E-state index contributed by atoms with van der Waals surface area (Å²) in [7, 11) is 0. The fourth-order valence-corrected chi connectivity index (χ4v) is 1.48. The number of fused-ring (bicyclic) bond motifs is 1. The van der Waals surface area contributed by atoms with Gasteiger partial charge >= 0.3 is 5.97 Å². The molecule has 1 aromatic carbocycles. The Morgan fingerprint density at radius 2 is 2.19 bits per heavy atom. The highest BCUT2D eigenvalue weighted by molar-refractivity contribution is 6.13. The van der Waals surface area contributed by atoms with Gasteiger partial charge in [-0.15, -0.1) is 0 Å². The number of ether oxygens (including phenoxy) is 1. The Morgan fingerprint density at radius 3 is 2.81 bits per heavy atom. The molecule has 0 aromatic heterocycles. The van der Waals surface area contributed by atoms with Gasteiger partial charge in [-0.25, -0.2) is 4.79 Å². The number of hydrogen-bond donors (Lipinski definition) is 2. The molecular weight excluding hydrogens is 210 g/mol. The molecular formula is C11H11NO4. The van der Waals surface area contributed by atoms with Gasteiger partial charge in [-0.1, -0.05) is 6.07 Å². The smallest absolute Gasteiger partial charge is 0.357 e. The standard InChI is InChI=1S/C11H11NO4/c1-6-3-4-8-7(5-6)12-9(13)11(2,16-8)10(14)15/h3-5H,1-2H3,(H,12,13)(H,14,15)/t11-/m0/s1. The molecule has 1 atom stereocenters. The average Bonchev–Trinajstić information content (AvgIpc) is 2.20. The zero-order valence-corrected chi connectivity index (χ0v) is 8.90. The lowest BCUT2D eigenvalue weighted by molar-refractivity contribution is -0.159. The van der Waals surface area contributed by atoms with Crippen LogP contribution in [0.3, 0.4) is 0 Å². The Bertz CT molecular complexity index is 483. The van der Waals surface area contributed by atoms with E-state index in [2.05, 4.69) is 5.32 Å². The fraction of sp³-hybridized carbons (Fsp3) is 0.273. The van der Waals surface area contributed by atoms with Gasteiger partial charge in [0, 0.05) is 0 Å². The number of anilines is 1. The molecule has 0 saturated heterocycles. The van der Waals surface area contributed by atoms with Crippen LogP contribution in [0.15, 0.2) is 18.2 Å². The van der Waals surface area contributed by atoms with Crippen LogP contribution in [-0.2, 0) is 9.59 Å². The van der Waals surface area contributed by atoms with Crippen molar-refractivity contribution in [2.75, 3.05) is 5.32 Å². The SMILES string of the molecule is Cc1ccc2c(c1)NC(=O)[C@@](C)(C(=O)O)O2. The van der Waals surface area contributed by atoms with Crippen molar-refractivity contribution in [1.29, 1.82) is 0 Å². The summed E-state index contributed by atoms with van der Waals surface area (Å²) in [5.41, 5.74) is -0.396. The Hall–Kier alpha value is -2.04. The Kier molecular flexibility index (Phi) is 2.11. The molecule has 5 nitrogen and oxygen atoms in total. The van der Waals surface area contributed by atoms with Crippen molar-refractivity contribution in [1.82, 2.24) is 0 Å². The highest BCUT2D eigenvalue weighted by Gasteiger charge is 2.47. The van der Waals surface area contributed by atoms with Crippen LogP contribution in [0.25, 0.3) is 0 Å². The number of carboxylic acids is 1. The predicted molar refractivity (Wildman–Crippen MR) is 56.5 cm³/mol. The van der Waals surface area contributed by atoms with Crippen molar-refractivity contribution >= 4 is 17.6 Å². The van der Waals surface area contributed by atoms with Gasteiger partial charge in [0.25, 0.3) is 11.5 Å². The van der Waals surface area contributed by atoms with Crippen molar-refractivity contribution < 1.29 is 19.4 Å². The molecule has 0 spiro atoms. The lowest BCUT2D eigenvalue weighted by atomic mass is 10.0. The van der Waals surface area contributed by atoms with Crippen LogP contribution in [0.4, 0.5) is 5.69 Å². The van der Waals surface area contributed by atoms with Crippen molar-refractivity contribution in [2.45, 2.75) is 19.4 Å². The van der Waals surface area contributed by atoms with E-state index in [0.717, 1.165) is 5.56 Å². The molecule has 0 unspecified atom stereocenters. The van der Waals surface area contributed by atoms with Gasteiger partial charge in [0.05, 0.1) is 5.69 Å². The summed E-state index contributed by atoms with van der Waals surface area (Å²) in [5, 5.41) is 11.5. The molecule has 0 bridgehead atoms. The Balaban J connectivity index is 2.47. The number of carbonyl (C=O) groups is 2. The number of nitrogens with one attached hydrogen (secondary N) is 1. The second kappa shape index (κ2) is 3.23. The Labute approximate surface area is 92.0 Å². The average molecular weight is 221 g/mol. The number of hydrogen-bond acceptors (Lipinski definition) is 3. The van der Waals surface area contributed by atoms with Crippen LogP contribution in [0.2, 0.25) is 0 Å². The van der Waals surface area contributed by atoms with E-state index in [0.29, 0.717) is 11.4 Å². The highest BCUT2D eigenvalue weighted by atomic mass is 16.5. The molecule has 0 radical (unpaired) electrons. The number of aliphatic carboxylic acids is 1. The van der Waals surface area contributed by atoms with Crippen LogP contribution in [-0.4, -0.2) is 22.6 Å². The molecule has 1 aliphatic heterocycles. The van der Waals surface area contributed by atoms with Gasteiger partial charge in [-0.05, 0) is 31.5 Å². The topological polar surface area (TPSA) is 75.6 Å². The van der Waals surface area contributed by atoms with Crippen molar-refractivity contribution in [3.05, 3.63) is 23.8 Å². The van der Waals surface area contributed by atoms with E-state index in [4.69, 9.17) is 9.84 Å². The summed E-state index contributed by atoms with van der Waals surface area (Å²) in [5.74, 6) is -1.61. The van der Waals surface area contributed by atoms with Crippen LogP contribution in [0.5, 0.6) is 5.75 Å². The Morgan fingerprint density at radius 1 is 1.50 bits per heavy atom. The van der Waals surface area contributed by atoms with Gasteiger partial charge < -0.3 is 15.2 Å². The molecule has 2 N–H and O–H groups in total. The molecule has 1 amide bonds. The minimum absolute atomic E-state index is 0.370. The maximum Gasteiger partial charge on any atom is 0.357 e. The van der Waals surface area contributed by atoms with Crippen LogP contribution >= 0.6 is 0 Å².